The van der Waals surface area contributed by atoms with Gasteiger partial charge in [-0.15, -0.1) is 11.3 Å². The molecule has 78 valence electrons. The fourth-order valence-corrected chi connectivity index (χ4v) is 2.54. The van der Waals surface area contributed by atoms with Crippen molar-refractivity contribution in [3.8, 4) is 0 Å². The maximum atomic E-state index is 11.9. The molecule has 0 unspecified atom stereocenters. The van der Waals surface area contributed by atoms with E-state index < -0.39 is 0 Å². The third-order valence-electron chi connectivity index (χ3n) is 2.49. The van der Waals surface area contributed by atoms with Crippen LogP contribution in [0.2, 0.25) is 0 Å². The van der Waals surface area contributed by atoms with Crippen LogP contribution in [0.25, 0.3) is 10.1 Å². The molecular formula is C12H13NOS. The second-order valence-corrected chi connectivity index (χ2v) is 4.61. The van der Waals surface area contributed by atoms with Crippen LogP contribution in [0.1, 0.15) is 16.6 Å². The van der Waals surface area contributed by atoms with Crippen molar-refractivity contribution in [1.29, 1.82) is 0 Å². The smallest absolute Gasteiger partial charge is 0.189 e. The molecule has 1 aromatic carbocycles. The molecule has 0 fully saturated rings. The lowest BCUT2D eigenvalue weighted by atomic mass is 10.1. The second kappa shape index (κ2) is 4.13. The van der Waals surface area contributed by atoms with Gasteiger partial charge in [0.15, 0.2) is 5.78 Å². The van der Waals surface area contributed by atoms with Gasteiger partial charge in [-0.2, -0.15) is 0 Å². The average Bonchev–Trinajstić information content (AvgIpc) is 2.70. The maximum absolute atomic E-state index is 11.9. The van der Waals surface area contributed by atoms with Crippen molar-refractivity contribution in [2.75, 3.05) is 7.05 Å². The van der Waals surface area contributed by atoms with Gasteiger partial charge >= 0.3 is 0 Å². The molecule has 2 rings (SSSR count). The minimum atomic E-state index is -0.113. The van der Waals surface area contributed by atoms with Gasteiger partial charge in [0.25, 0.3) is 0 Å². The van der Waals surface area contributed by atoms with E-state index >= 15 is 0 Å². The van der Waals surface area contributed by atoms with Gasteiger partial charge in [0, 0.05) is 4.70 Å². The number of likely N-dealkylation sites (N-methyl/N-ethyl adjacent to an activating group) is 1. The second-order valence-electron chi connectivity index (χ2n) is 3.52. The first-order valence-electron chi connectivity index (χ1n) is 4.92. The van der Waals surface area contributed by atoms with Crippen molar-refractivity contribution in [2.24, 2.45) is 0 Å². The van der Waals surface area contributed by atoms with Gasteiger partial charge < -0.3 is 5.32 Å². The molecule has 0 aliphatic heterocycles. The van der Waals surface area contributed by atoms with E-state index in [4.69, 9.17) is 0 Å². The Kier molecular flexibility index (Phi) is 2.84. The molecule has 0 aliphatic carbocycles. The molecule has 2 aromatic rings. The van der Waals surface area contributed by atoms with Gasteiger partial charge in [0.1, 0.15) is 0 Å². The highest BCUT2D eigenvalue weighted by atomic mass is 32.1. The summed E-state index contributed by atoms with van der Waals surface area (Å²) in [5.74, 6) is 0.165. The molecule has 15 heavy (non-hydrogen) atoms. The number of nitrogens with one attached hydrogen (secondary N) is 1. The first-order valence-corrected chi connectivity index (χ1v) is 5.74. The van der Waals surface area contributed by atoms with Crippen LogP contribution in [0.3, 0.4) is 0 Å². The van der Waals surface area contributed by atoms with Crippen LogP contribution < -0.4 is 5.32 Å². The zero-order chi connectivity index (χ0) is 10.8. The summed E-state index contributed by atoms with van der Waals surface area (Å²) in [6, 6.07) is 9.92. The topological polar surface area (TPSA) is 29.1 Å². The largest absolute Gasteiger partial charge is 0.310 e. The first kappa shape index (κ1) is 10.3. The number of Topliss-reactive ketones (excluding diaryl/α,β-unsaturated/α-hetero) is 1. The lowest BCUT2D eigenvalue weighted by Gasteiger charge is -2.05. The Hall–Kier alpha value is -1.19. The van der Waals surface area contributed by atoms with Crippen molar-refractivity contribution >= 4 is 27.2 Å². The first-order chi connectivity index (χ1) is 7.22. The standard InChI is InChI=1S/C12H13NOS/c1-8(13-2)12(14)11-7-9-5-3-4-6-10(9)15-11/h3-8,13H,1-2H3/t8-/m0/s1. The van der Waals surface area contributed by atoms with E-state index in [0.717, 1.165) is 10.3 Å². The molecule has 0 saturated heterocycles. The molecule has 0 saturated carbocycles. The fraction of sp³-hybridized carbons (Fsp3) is 0.250. The summed E-state index contributed by atoms with van der Waals surface area (Å²) in [5, 5.41) is 4.11. The van der Waals surface area contributed by atoms with E-state index in [1.165, 1.54) is 4.70 Å². The lowest BCUT2D eigenvalue weighted by Crippen LogP contribution is -2.30. The molecule has 1 aromatic heterocycles. The maximum Gasteiger partial charge on any atom is 0.189 e. The summed E-state index contributed by atoms with van der Waals surface area (Å²) < 4.78 is 1.17. The van der Waals surface area contributed by atoms with Crippen LogP contribution >= 0.6 is 11.3 Å². The summed E-state index contributed by atoms with van der Waals surface area (Å²) >= 11 is 1.56. The Morgan fingerprint density at radius 2 is 2.13 bits per heavy atom. The zero-order valence-electron chi connectivity index (χ0n) is 8.78. The van der Waals surface area contributed by atoms with Crippen molar-refractivity contribution in [3.05, 3.63) is 35.2 Å². The highest BCUT2D eigenvalue weighted by molar-refractivity contribution is 7.20. The van der Waals surface area contributed by atoms with E-state index in [9.17, 15) is 4.79 Å². The number of rotatable bonds is 3. The molecule has 1 heterocycles. The van der Waals surface area contributed by atoms with E-state index in [1.54, 1.807) is 18.4 Å². The van der Waals surface area contributed by atoms with Gasteiger partial charge in [-0.25, -0.2) is 0 Å². The third-order valence-corrected chi connectivity index (χ3v) is 3.63. The van der Waals surface area contributed by atoms with Gasteiger partial charge in [0.2, 0.25) is 0 Å². The predicted molar refractivity (Wildman–Crippen MR) is 64.7 cm³/mol. The summed E-state index contributed by atoms with van der Waals surface area (Å²) in [6.45, 7) is 1.88. The number of carbonyl (C=O) groups is 1. The Bertz CT molecular complexity index is 456. The summed E-state index contributed by atoms with van der Waals surface area (Å²) in [5.41, 5.74) is 0. The SMILES string of the molecule is CN[C@@H](C)C(=O)c1cc2ccccc2s1. The minimum absolute atomic E-state index is 0.113. The summed E-state index contributed by atoms with van der Waals surface area (Å²) in [6.07, 6.45) is 0. The molecule has 0 radical (unpaired) electrons. The van der Waals surface area contributed by atoms with Gasteiger partial charge in [0.05, 0.1) is 10.9 Å². The van der Waals surface area contributed by atoms with Gasteiger partial charge in [-0.05, 0) is 31.5 Å². The summed E-state index contributed by atoms with van der Waals surface area (Å²) in [4.78, 5) is 12.7. The fourth-order valence-electron chi connectivity index (χ4n) is 1.45. The average molecular weight is 219 g/mol. The molecule has 0 amide bonds. The van der Waals surface area contributed by atoms with Crippen LogP contribution in [-0.2, 0) is 0 Å². The number of hydrogen-bond donors (Lipinski definition) is 1. The van der Waals surface area contributed by atoms with E-state index in [-0.39, 0.29) is 11.8 Å². The molecule has 3 heteroatoms. The van der Waals surface area contributed by atoms with E-state index in [0.29, 0.717) is 0 Å². The Labute approximate surface area is 92.9 Å². The van der Waals surface area contributed by atoms with Gasteiger partial charge in [-0.1, -0.05) is 18.2 Å². The number of ketones is 1. The highest BCUT2D eigenvalue weighted by Gasteiger charge is 2.15. The predicted octanol–water partition coefficient (Wildman–Crippen LogP) is 2.69. The Morgan fingerprint density at radius 1 is 1.40 bits per heavy atom. The molecule has 1 atom stereocenters. The monoisotopic (exact) mass is 219 g/mol. The number of benzene rings is 1. The van der Waals surface area contributed by atoms with Crippen molar-refractivity contribution in [2.45, 2.75) is 13.0 Å². The highest BCUT2D eigenvalue weighted by Crippen LogP contribution is 2.26. The quantitative estimate of drug-likeness (QED) is 0.804. The zero-order valence-corrected chi connectivity index (χ0v) is 9.60. The Balaban J connectivity index is 2.41. The lowest BCUT2D eigenvalue weighted by molar-refractivity contribution is 0.0959. The van der Waals surface area contributed by atoms with Crippen LogP contribution in [0.4, 0.5) is 0 Å². The molecule has 1 N–H and O–H groups in total. The Morgan fingerprint density at radius 3 is 2.80 bits per heavy atom. The summed E-state index contributed by atoms with van der Waals surface area (Å²) in [7, 11) is 1.80. The number of fused-ring (bicyclic) bond motifs is 1. The molecule has 0 spiro atoms. The normalized spacial score (nSPS) is 12.9. The van der Waals surface area contributed by atoms with Crippen LogP contribution in [0.5, 0.6) is 0 Å². The van der Waals surface area contributed by atoms with Crippen LogP contribution in [0, 0.1) is 0 Å². The van der Waals surface area contributed by atoms with E-state index in [2.05, 4.69) is 5.32 Å². The van der Waals surface area contributed by atoms with Crippen molar-refractivity contribution in [1.82, 2.24) is 5.32 Å². The van der Waals surface area contributed by atoms with Crippen molar-refractivity contribution in [3.63, 3.8) is 0 Å². The number of thiophene rings is 1. The van der Waals surface area contributed by atoms with Crippen LogP contribution in [0.15, 0.2) is 30.3 Å². The minimum Gasteiger partial charge on any atom is -0.310 e. The molecule has 0 aliphatic rings. The number of hydrogen-bond acceptors (Lipinski definition) is 3. The molecular weight excluding hydrogens is 206 g/mol. The molecule has 2 nitrogen and oxygen atoms in total. The third kappa shape index (κ3) is 1.94. The van der Waals surface area contributed by atoms with Gasteiger partial charge in [-0.3, -0.25) is 4.79 Å². The number of carbonyl (C=O) groups excluding carboxylic acids is 1. The van der Waals surface area contributed by atoms with Crippen LogP contribution in [-0.4, -0.2) is 18.9 Å². The molecule has 0 bridgehead atoms. The van der Waals surface area contributed by atoms with Crippen molar-refractivity contribution < 1.29 is 4.79 Å². The van der Waals surface area contributed by atoms with E-state index in [1.807, 2.05) is 37.3 Å².